The third kappa shape index (κ3) is 5.12. The molecule has 3 aromatic rings. The van der Waals surface area contributed by atoms with Crippen LogP contribution in [0.5, 0.6) is 0 Å². The number of nitrogens with zero attached hydrogens (tertiary/aromatic N) is 3. The molecule has 1 aromatic heterocycles. The van der Waals surface area contributed by atoms with Crippen molar-refractivity contribution in [3.63, 3.8) is 0 Å². The first-order chi connectivity index (χ1) is 14.9. The Hall–Kier alpha value is -2.89. The molecule has 1 N–H and O–H groups in total. The first-order valence-corrected chi connectivity index (χ1v) is 11.0. The van der Waals surface area contributed by atoms with Gasteiger partial charge in [0.1, 0.15) is 5.82 Å². The summed E-state index contributed by atoms with van der Waals surface area (Å²) < 4.78 is 67.3. The van der Waals surface area contributed by atoms with Crippen LogP contribution >= 0.6 is 11.6 Å². The predicted octanol–water partition coefficient (Wildman–Crippen LogP) is 4.11. The fraction of sp³-hybridized carbons (Fsp3) is 0.200. The number of hydrogen-bond donors (Lipinski definition) is 1. The fourth-order valence-electron chi connectivity index (χ4n) is 2.93. The lowest BCUT2D eigenvalue weighted by Gasteiger charge is -2.18. The number of aromatic nitrogens is 2. The minimum atomic E-state index is -4.63. The van der Waals surface area contributed by atoms with Gasteiger partial charge < -0.3 is 5.32 Å². The highest BCUT2D eigenvalue weighted by molar-refractivity contribution is 7.89. The van der Waals surface area contributed by atoms with E-state index in [0.717, 1.165) is 15.1 Å². The first-order valence-electron chi connectivity index (χ1n) is 9.14. The van der Waals surface area contributed by atoms with Gasteiger partial charge in [-0.3, -0.25) is 4.79 Å². The Labute approximate surface area is 187 Å². The lowest BCUT2D eigenvalue weighted by molar-refractivity contribution is -0.137. The summed E-state index contributed by atoms with van der Waals surface area (Å²) in [5, 5.41) is 6.84. The molecule has 0 fully saturated rings. The van der Waals surface area contributed by atoms with E-state index in [4.69, 9.17) is 11.6 Å². The standard InChI is InChI=1S/C20H18ClF3N4O3S/c1-13-11-18(28(26-13)17-6-4-3-5-16(17)20(22,23)24)25-19(29)12-27(2)32(30,31)15-9-7-14(21)8-10-15/h3-11H,12H2,1-2H3,(H,25,29). The van der Waals surface area contributed by atoms with Gasteiger partial charge in [-0.2, -0.15) is 22.6 Å². The molecule has 2 aromatic carbocycles. The van der Waals surface area contributed by atoms with E-state index in [1.807, 2.05) is 0 Å². The highest BCUT2D eigenvalue weighted by Crippen LogP contribution is 2.34. The Kier molecular flexibility index (Phi) is 6.63. The van der Waals surface area contributed by atoms with Crippen LogP contribution in [-0.4, -0.2) is 42.0 Å². The van der Waals surface area contributed by atoms with Crippen molar-refractivity contribution in [3.05, 3.63) is 70.9 Å². The summed E-state index contributed by atoms with van der Waals surface area (Å²) in [6.45, 7) is 0.982. The third-order valence-electron chi connectivity index (χ3n) is 4.42. The Morgan fingerprint density at radius 2 is 1.78 bits per heavy atom. The molecule has 12 heteroatoms. The van der Waals surface area contributed by atoms with Crippen molar-refractivity contribution in [2.24, 2.45) is 0 Å². The number of sulfonamides is 1. The van der Waals surface area contributed by atoms with Gasteiger partial charge in [-0.25, -0.2) is 13.1 Å². The van der Waals surface area contributed by atoms with Crippen molar-refractivity contribution < 1.29 is 26.4 Å². The molecule has 0 saturated heterocycles. The first kappa shape index (κ1) is 23.8. The van der Waals surface area contributed by atoms with Crippen LogP contribution in [0.4, 0.5) is 19.0 Å². The zero-order chi connectivity index (χ0) is 23.7. The summed E-state index contributed by atoms with van der Waals surface area (Å²) in [5.41, 5.74) is -0.842. The molecule has 0 aliphatic rings. The van der Waals surface area contributed by atoms with Crippen LogP contribution in [0, 0.1) is 6.92 Å². The van der Waals surface area contributed by atoms with Gasteiger partial charge in [0.15, 0.2) is 0 Å². The van der Waals surface area contributed by atoms with Gasteiger partial charge in [0.25, 0.3) is 0 Å². The van der Waals surface area contributed by atoms with Gasteiger partial charge >= 0.3 is 6.18 Å². The van der Waals surface area contributed by atoms with Gasteiger partial charge in [-0.1, -0.05) is 23.7 Å². The van der Waals surface area contributed by atoms with E-state index in [1.54, 1.807) is 6.92 Å². The maximum Gasteiger partial charge on any atom is 0.418 e. The van der Waals surface area contributed by atoms with E-state index in [-0.39, 0.29) is 16.4 Å². The average Bonchev–Trinajstić information content (AvgIpc) is 3.07. The van der Waals surface area contributed by atoms with Crippen LogP contribution in [0.1, 0.15) is 11.3 Å². The Morgan fingerprint density at radius 3 is 2.41 bits per heavy atom. The Balaban J connectivity index is 1.84. The molecular weight excluding hydrogens is 469 g/mol. The van der Waals surface area contributed by atoms with E-state index in [9.17, 15) is 26.4 Å². The zero-order valence-electron chi connectivity index (χ0n) is 16.9. The number of anilines is 1. The number of carbonyl (C=O) groups is 1. The van der Waals surface area contributed by atoms with Crippen molar-refractivity contribution in [2.75, 3.05) is 18.9 Å². The molecule has 1 amide bonds. The molecule has 0 bridgehead atoms. The van der Waals surface area contributed by atoms with Crippen molar-refractivity contribution in [3.8, 4) is 5.69 Å². The Bertz CT molecular complexity index is 1240. The quantitative estimate of drug-likeness (QED) is 0.568. The van der Waals surface area contributed by atoms with E-state index < -0.39 is 34.2 Å². The molecule has 0 unspecified atom stereocenters. The SMILES string of the molecule is Cc1cc(NC(=O)CN(C)S(=O)(=O)c2ccc(Cl)cc2)n(-c2ccccc2C(F)(F)F)n1. The summed E-state index contributed by atoms with van der Waals surface area (Å²) in [4.78, 5) is 12.5. The normalized spacial score (nSPS) is 12.2. The molecule has 7 nitrogen and oxygen atoms in total. The second kappa shape index (κ2) is 8.93. The molecule has 0 aliphatic carbocycles. The van der Waals surface area contributed by atoms with Crippen LogP contribution in [-0.2, 0) is 21.0 Å². The van der Waals surface area contributed by atoms with Gasteiger partial charge in [-0.15, -0.1) is 0 Å². The van der Waals surface area contributed by atoms with Gasteiger partial charge in [0.2, 0.25) is 15.9 Å². The second-order valence-electron chi connectivity index (χ2n) is 6.86. The van der Waals surface area contributed by atoms with Crippen molar-refractivity contribution in [2.45, 2.75) is 18.0 Å². The molecule has 0 aliphatic heterocycles. The van der Waals surface area contributed by atoms with Gasteiger partial charge in [-0.05, 0) is 43.3 Å². The van der Waals surface area contributed by atoms with E-state index in [2.05, 4.69) is 10.4 Å². The molecule has 3 rings (SSSR count). The van der Waals surface area contributed by atoms with Crippen LogP contribution in [0.2, 0.25) is 5.02 Å². The number of benzene rings is 2. The van der Waals surface area contributed by atoms with Gasteiger partial charge in [0, 0.05) is 18.1 Å². The van der Waals surface area contributed by atoms with Crippen molar-refractivity contribution in [1.29, 1.82) is 0 Å². The van der Waals surface area contributed by atoms with Crippen molar-refractivity contribution in [1.82, 2.24) is 14.1 Å². The topological polar surface area (TPSA) is 84.3 Å². The minimum Gasteiger partial charge on any atom is -0.309 e. The Morgan fingerprint density at radius 1 is 1.16 bits per heavy atom. The summed E-state index contributed by atoms with van der Waals surface area (Å²) >= 11 is 5.77. The number of amides is 1. The lowest BCUT2D eigenvalue weighted by Crippen LogP contribution is -2.35. The number of para-hydroxylation sites is 1. The summed E-state index contributed by atoms with van der Waals surface area (Å²) in [6, 6.07) is 11.6. The third-order valence-corrected chi connectivity index (χ3v) is 6.49. The monoisotopic (exact) mass is 486 g/mol. The lowest BCUT2D eigenvalue weighted by atomic mass is 10.1. The maximum atomic E-state index is 13.4. The maximum absolute atomic E-state index is 13.4. The largest absolute Gasteiger partial charge is 0.418 e. The predicted molar refractivity (Wildman–Crippen MR) is 113 cm³/mol. The van der Waals surface area contributed by atoms with Crippen LogP contribution in [0.3, 0.4) is 0 Å². The summed E-state index contributed by atoms with van der Waals surface area (Å²) in [7, 11) is -2.77. The molecule has 0 saturated carbocycles. The number of carbonyl (C=O) groups excluding carboxylic acids is 1. The van der Waals surface area contributed by atoms with Gasteiger partial charge in [0.05, 0.1) is 28.4 Å². The summed E-state index contributed by atoms with van der Waals surface area (Å²) in [6.07, 6.45) is -4.63. The second-order valence-corrected chi connectivity index (χ2v) is 9.34. The highest BCUT2D eigenvalue weighted by Gasteiger charge is 2.34. The number of alkyl halides is 3. The number of hydrogen-bond acceptors (Lipinski definition) is 4. The number of likely N-dealkylation sites (N-methyl/N-ethyl adjacent to an activating group) is 1. The van der Waals surface area contributed by atoms with Crippen LogP contribution in [0.25, 0.3) is 5.69 Å². The average molecular weight is 487 g/mol. The number of rotatable bonds is 6. The number of nitrogens with one attached hydrogen (secondary N) is 1. The van der Waals surface area contributed by atoms with E-state index in [1.165, 1.54) is 55.6 Å². The fourth-order valence-corrected chi connectivity index (χ4v) is 4.18. The van der Waals surface area contributed by atoms with Crippen LogP contribution in [0.15, 0.2) is 59.5 Å². The molecule has 0 spiro atoms. The molecule has 0 atom stereocenters. The number of aryl methyl sites for hydroxylation is 1. The van der Waals surface area contributed by atoms with E-state index in [0.29, 0.717) is 10.7 Å². The van der Waals surface area contributed by atoms with Crippen LogP contribution < -0.4 is 5.32 Å². The highest BCUT2D eigenvalue weighted by atomic mass is 35.5. The van der Waals surface area contributed by atoms with E-state index >= 15 is 0 Å². The summed E-state index contributed by atoms with van der Waals surface area (Å²) in [5.74, 6) is -0.780. The smallest absolute Gasteiger partial charge is 0.309 e. The molecule has 0 radical (unpaired) electrons. The molecule has 170 valence electrons. The number of halogens is 4. The molecular formula is C20H18ClF3N4O3S. The zero-order valence-corrected chi connectivity index (χ0v) is 18.5. The molecule has 1 heterocycles. The van der Waals surface area contributed by atoms with Crippen molar-refractivity contribution >= 4 is 33.3 Å². The molecule has 32 heavy (non-hydrogen) atoms. The minimum absolute atomic E-state index is 0.0264.